The molecule has 0 radical (unpaired) electrons. The lowest BCUT2D eigenvalue weighted by Crippen LogP contribution is -2.15. The SMILES string of the molecule is COc1ccccc1CCNc1cnc(C(=O)Nc2cccc(F)c2)cn1. The minimum atomic E-state index is -0.450. The summed E-state index contributed by atoms with van der Waals surface area (Å²) in [7, 11) is 1.64. The number of amides is 1. The zero-order valence-electron chi connectivity index (χ0n) is 14.8. The molecule has 27 heavy (non-hydrogen) atoms. The third-order valence-corrected chi connectivity index (χ3v) is 3.86. The Hall–Kier alpha value is -3.48. The predicted octanol–water partition coefficient (Wildman–Crippen LogP) is 3.53. The molecule has 0 aliphatic heterocycles. The van der Waals surface area contributed by atoms with Gasteiger partial charge in [0.2, 0.25) is 0 Å². The van der Waals surface area contributed by atoms with Gasteiger partial charge in [0.05, 0.1) is 19.5 Å². The van der Waals surface area contributed by atoms with Crippen LogP contribution >= 0.6 is 0 Å². The lowest BCUT2D eigenvalue weighted by Gasteiger charge is -2.09. The first kappa shape index (κ1) is 18.3. The molecule has 3 rings (SSSR count). The van der Waals surface area contributed by atoms with E-state index in [0.717, 1.165) is 17.7 Å². The van der Waals surface area contributed by atoms with E-state index < -0.39 is 11.7 Å². The molecule has 0 saturated carbocycles. The Balaban J connectivity index is 1.54. The second kappa shape index (κ2) is 8.75. The van der Waals surface area contributed by atoms with Gasteiger partial charge in [-0.1, -0.05) is 24.3 Å². The molecule has 2 aromatic carbocycles. The fourth-order valence-corrected chi connectivity index (χ4v) is 2.53. The molecule has 138 valence electrons. The highest BCUT2D eigenvalue weighted by Gasteiger charge is 2.09. The number of nitrogens with one attached hydrogen (secondary N) is 2. The first-order chi connectivity index (χ1) is 13.2. The van der Waals surface area contributed by atoms with Crippen LogP contribution in [-0.2, 0) is 6.42 Å². The van der Waals surface area contributed by atoms with Crippen LogP contribution in [0.4, 0.5) is 15.9 Å². The van der Waals surface area contributed by atoms with E-state index in [1.807, 2.05) is 24.3 Å². The molecule has 0 aliphatic rings. The van der Waals surface area contributed by atoms with Crippen molar-refractivity contribution in [1.82, 2.24) is 9.97 Å². The number of carbonyl (C=O) groups excluding carboxylic acids is 1. The second-order valence-corrected chi connectivity index (χ2v) is 5.74. The van der Waals surface area contributed by atoms with E-state index in [0.29, 0.717) is 18.1 Å². The highest BCUT2D eigenvalue weighted by molar-refractivity contribution is 6.02. The van der Waals surface area contributed by atoms with Gasteiger partial charge in [-0.25, -0.2) is 14.4 Å². The van der Waals surface area contributed by atoms with Crippen molar-refractivity contribution >= 4 is 17.4 Å². The summed E-state index contributed by atoms with van der Waals surface area (Å²) in [6.07, 6.45) is 3.62. The number of hydrogen-bond donors (Lipinski definition) is 2. The van der Waals surface area contributed by atoms with Gasteiger partial charge in [-0.3, -0.25) is 4.79 Å². The van der Waals surface area contributed by atoms with Crippen LogP contribution in [0.15, 0.2) is 60.9 Å². The number of carbonyl (C=O) groups is 1. The lowest BCUT2D eigenvalue weighted by atomic mass is 10.1. The summed E-state index contributed by atoms with van der Waals surface area (Å²) in [5, 5.41) is 5.74. The van der Waals surface area contributed by atoms with Crippen molar-refractivity contribution in [3.63, 3.8) is 0 Å². The molecular formula is C20H19FN4O2. The second-order valence-electron chi connectivity index (χ2n) is 5.74. The zero-order chi connectivity index (χ0) is 19.1. The van der Waals surface area contributed by atoms with Crippen molar-refractivity contribution in [3.8, 4) is 5.75 Å². The van der Waals surface area contributed by atoms with E-state index >= 15 is 0 Å². The summed E-state index contributed by atoms with van der Waals surface area (Å²) >= 11 is 0. The average molecular weight is 366 g/mol. The van der Waals surface area contributed by atoms with E-state index in [1.165, 1.54) is 30.6 Å². The molecule has 0 atom stereocenters. The van der Waals surface area contributed by atoms with Gasteiger partial charge in [-0.2, -0.15) is 0 Å². The Morgan fingerprint density at radius 1 is 1.11 bits per heavy atom. The molecule has 1 heterocycles. The topological polar surface area (TPSA) is 76.1 Å². The lowest BCUT2D eigenvalue weighted by molar-refractivity contribution is 0.102. The van der Waals surface area contributed by atoms with Gasteiger partial charge in [0.1, 0.15) is 23.1 Å². The number of methoxy groups -OCH3 is 1. The summed E-state index contributed by atoms with van der Waals surface area (Å²) in [6.45, 7) is 0.643. The Morgan fingerprint density at radius 2 is 1.96 bits per heavy atom. The highest BCUT2D eigenvalue weighted by Crippen LogP contribution is 2.17. The van der Waals surface area contributed by atoms with Crippen LogP contribution in [0, 0.1) is 5.82 Å². The maximum atomic E-state index is 13.2. The van der Waals surface area contributed by atoms with Gasteiger partial charge in [-0.05, 0) is 36.2 Å². The van der Waals surface area contributed by atoms with Crippen LogP contribution in [0.2, 0.25) is 0 Å². The van der Waals surface area contributed by atoms with Gasteiger partial charge in [0, 0.05) is 12.2 Å². The normalized spacial score (nSPS) is 10.3. The highest BCUT2D eigenvalue weighted by atomic mass is 19.1. The molecule has 1 aromatic heterocycles. The number of anilines is 2. The summed E-state index contributed by atoms with van der Waals surface area (Å²) in [5.41, 5.74) is 1.60. The largest absolute Gasteiger partial charge is 0.496 e. The van der Waals surface area contributed by atoms with Gasteiger partial charge >= 0.3 is 0 Å². The van der Waals surface area contributed by atoms with E-state index in [9.17, 15) is 9.18 Å². The van der Waals surface area contributed by atoms with Crippen LogP contribution in [0.1, 0.15) is 16.1 Å². The number of para-hydroxylation sites is 1. The smallest absolute Gasteiger partial charge is 0.275 e. The Kier molecular flexibility index (Phi) is 5.94. The average Bonchev–Trinajstić information content (AvgIpc) is 2.69. The van der Waals surface area contributed by atoms with Crippen molar-refractivity contribution < 1.29 is 13.9 Å². The standard InChI is InChI=1S/C20H19FN4O2/c1-27-18-8-3-2-5-14(18)9-10-22-19-13-23-17(12-24-19)20(26)25-16-7-4-6-15(21)11-16/h2-8,11-13H,9-10H2,1H3,(H,22,24)(H,25,26). The third-order valence-electron chi connectivity index (χ3n) is 3.86. The van der Waals surface area contributed by atoms with Crippen molar-refractivity contribution in [3.05, 3.63) is 78.0 Å². The Labute approximate surface area is 156 Å². The van der Waals surface area contributed by atoms with Crippen LogP contribution < -0.4 is 15.4 Å². The van der Waals surface area contributed by atoms with Crippen molar-refractivity contribution in [2.75, 3.05) is 24.3 Å². The number of aromatic nitrogens is 2. The Morgan fingerprint density at radius 3 is 2.70 bits per heavy atom. The Bertz CT molecular complexity index is 916. The zero-order valence-corrected chi connectivity index (χ0v) is 14.8. The minimum Gasteiger partial charge on any atom is -0.496 e. The van der Waals surface area contributed by atoms with Crippen molar-refractivity contribution in [2.24, 2.45) is 0 Å². The predicted molar refractivity (Wildman–Crippen MR) is 102 cm³/mol. The van der Waals surface area contributed by atoms with Gasteiger partial charge in [-0.15, -0.1) is 0 Å². The molecule has 2 N–H and O–H groups in total. The number of hydrogen-bond acceptors (Lipinski definition) is 5. The van der Waals surface area contributed by atoms with Crippen molar-refractivity contribution in [1.29, 1.82) is 0 Å². The van der Waals surface area contributed by atoms with Crippen LogP contribution in [0.25, 0.3) is 0 Å². The van der Waals surface area contributed by atoms with E-state index in [-0.39, 0.29) is 5.69 Å². The summed E-state index contributed by atoms with van der Waals surface area (Å²) in [6, 6.07) is 13.5. The molecule has 1 amide bonds. The van der Waals surface area contributed by atoms with Crippen LogP contribution in [0.5, 0.6) is 5.75 Å². The molecule has 0 saturated heterocycles. The molecule has 7 heteroatoms. The minimum absolute atomic E-state index is 0.148. The number of halogens is 1. The fraction of sp³-hybridized carbons (Fsp3) is 0.150. The monoisotopic (exact) mass is 366 g/mol. The molecule has 0 spiro atoms. The molecular weight excluding hydrogens is 347 g/mol. The summed E-state index contributed by atoms with van der Waals surface area (Å²) < 4.78 is 18.5. The quantitative estimate of drug-likeness (QED) is 0.669. The van der Waals surface area contributed by atoms with Gasteiger partial charge in [0.25, 0.3) is 5.91 Å². The number of ether oxygens (including phenoxy) is 1. The number of rotatable bonds is 7. The van der Waals surface area contributed by atoms with E-state index in [4.69, 9.17) is 4.74 Å². The maximum Gasteiger partial charge on any atom is 0.275 e. The van der Waals surface area contributed by atoms with Gasteiger partial charge in [0.15, 0.2) is 0 Å². The van der Waals surface area contributed by atoms with E-state index in [1.54, 1.807) is 13.2 Å². The molecule has 3 aromatic rings. The molecule has 0 bridgehead atoms. The molecule has 0 unspecified atom stereocenters. The number of benzene rings is 2. The van der Waals surface area contributed by atoms with E-state index in [2.05, 4.69) is 20.6 Å². The number of nitrogens with zero attached hydrogens (tertiary/aromatic N) is 2. The third kappa shape index (κ3) is 5.01. The molecule has 6 nitrogen and oxygen atoms in total. The van der Waals surface area contributed by atoms with Crippen LogP contribution in [-0.4, -0.2) is 29.5 Å². The fourth-order valence-electron chi connectivity index (χ4n) is 2.53. The summed E-state index contributed by atoms with van der Waals surface area (Å²) in [5.74, 6) is 0.532. The first-order valence-corrected chi connectivity index (χ1v) is 8.40. The maximum absolute atomic E-state index is 13.2. The van der Waals surface area contributed by atoms with Crippen LogP contribution in [0.3, 0.4) is 0 Å². The van der Waals surface area contributed by atoms with Crippen molar-refractivity contribution in [2.45, 2.75) is 6.42 Å². The first-order valence-electron chi connectivity index (χ1n) is 8.40. The van der Waals surface area contributed by atoms with Gasteiger partial charge < -0.3 is 15.4 Å². The molecule has 0 aliphatic carbocycles. The molecule has 0 fully saturated rings. The summed E-state index contributed by atoms with van der Waals surface area (Å²) in [4.78, 5) is 20.4.